The largest absolute Gasteiger partial charge is 0.375 e. The molecule has 108 valence electrons. The maximum absolute atomic E-state index is 6.03. The van der Waals surface area contributed by atoms with Crippen molar-refractivity contribution in [2.75, 3.05) is 5.32 Å². The highest BCUT2D eigenvalue weighted by atomic mass is 35.5. The summed E-state index contributed by atoms with van der Waals surface area (Å²) < 4.78 is 3.59. The Morgan fingerprint density at radius 3 is 2.86 bits per heavy atom. The molecule has 0 amide bonds. The summed E-state index contributed by atoms with van der Waals surface area (Å²) in [6, 6.07) is 7.61. The molecule has 6 nitrogen and oxygen atoms in total. The Kier molecular flexibility index (Phi) is 3.62. The van der Waals surface area contributed by atoms with Gasteiger partial charge in [-0.1, -0.05) is 17.7 Å². The molecule has 3 rings (SSSR count). The van der Waals surface area contributed by atoms with Gasteiger partial charge < -0.3 is 5.32 Å². The summed E-state index contributed by atoms with van der Waals surface area (Å²) in [6.07, 6.45) is 3.34. The predicted octanol–water partition coefficient (Wildman–Crippen LogP) is 2.57. The van der Waals surface area contributed by atoms with E-state index in [2.05, 4.69) is 20.5 Å². The molecular weight excluding hydrogens is 288 g/mol. The van der Waals surface area contributed by atoms with Crippen LogP contribution in [0.5, 0.6) is 0 Å². The zero-order chi connectivity index (χ0) is 14.8. The minimum Gasteiger partial charge on any atom is -0.375 e. The second-order valence-corrected chi connectivity index (χ2v) is 5.13. The molecule has 0 saturated heterocycles. The van der Waals surface area contributed by atoms with Gasteiger partial charge in [0, 0.05) is 12.1 Å². The Hall–Kier alpha value is -2.34. The highest BCUT2D eigenvalue weighted by molar-refractivity contribution is 6.30. The van der Waals surface area contributed by atoms with E-state index in [4.69, 9.17) is 11.6 Å². The van der Waals surface area contributed by atoms with Crippen LogP contribution in [0.15, 0.2) is 36.8 Å². The molecule has 1 N–H and O–H groups in total. The Balaban J connectivity index is 1.81. The van der Waals surface area contributed by atoms with Crippen molar-refractivity contribution in [3.8, 4) is 5.69 Å². The van der Waals surface area contributed by atoms with Crippen molar-refractivity contribution >= 4 is 17.3 Å². The van der Waals surface area contributed by atoms with Gasteiger partial charge in [0.25, 0.3) is 0 Å². The van der Waals surface area contributed by atoms with E-state index < -0.39 is 0 Å². The molecule has 3 aromatic rings. The van der Waals surface area contributed by atoms with Crippen LogP contribution in [-0.2, 0) is 13.6 Å². The van der Waals surface area contributed by atoms with Crippen molar-refractivity contribution in [1.29, 1.82) is 0 Å². The van der Waals surface area contributed by atoms with Gasteiger partial charge in [0.1, 0.15) is 12.2 Å². The zero-order valence-electron chi connectivity index (χ0n) is 11.8. The smallest absolute Gasteiger partial charge is 0.145 e. The lowest BCUT2D eigenvalue weighted by Crippen LogP contribution is -2.07. The Morgan fingerprint density at radius 1 is 1.29 bits per heavy atom. The molecule has 21 heavy (non-hydrogen) atoms. The van der Waals surface area contributed by atoms with Crippen LogP contribution in [0.25, 0.3) is 5.69 Å². The lowest BCUT2D eigenvalue weighted by molar-refractivity contribution is 0.712. The number of benzene rings is 1. The van der Waals surface area contributed by atoms with E-state index in [1.807, 2.05) is 42.9 Å². The number of nitrogens with one attached hydrogen (secondary N) is 1. The predicted molar refractivity (Wildman–Crippen MR) is 81.6 cm³/mol. The van der Waals surface area contributed by atoms with Gasteiger partial charge in [0.05, 0.1) is 29.8 Å². The molecule has 0 unspecified atom stereocenters. The minimum absolute atomic E-state index is 0.596. The molecule has 0 atom stereocenters. The number of aromatic nitrogens is 5. The van der Waals surface area contributed by atoms with Crippen LogP contribution < -0.4 is 5.32 Å². The first kappa shape index (κ1) is 13.6. The van der Waals surface area contributed by atoms with E-state index in [1.54, 1.807) is 17.2 Å². The fourth-order valence-electron chi connectivity index (χ4n) is 2.11. The Labute approximate surface area is 127 Å². The van der Waals surface area contributed by atoms with Gasteiger partial charge >= 0.3 is 0 Å². The van der Waals surface area contributed by atoms with Gasteiger partial charge in [-0.2, -0.15) is 10.2 Å². The lowest BCUT2D eigenvalue weighted by atomic mass is 10.3. The molecule has 0 aliphatic heterocycles. The minimum atomic E-state index is 0.596. The van der Waals surface area contributed by atoms with Gasteiger partial charge in [-0.3, -0.25) is 4.68 Å². The second kappa shape index (κ2) is 5.57. The quantitative estimate of drug-likeness (QED) is 0.804. The molecule has 1 aromatic carbocycles. The van der Waals surface area contributed by atoms with E-state index in [-0.39, 0.29) is 0 Å². The van der Waals surface area contributed by atoms with Crippen molar-refractivity contribution < 1.29 is 0 Å². The maximum Gasteiger partial charge on any atom is 0.145 e. The third-order valence-electron chi connectivity index (χ3n) is 3.30. The SMILES string of the molecule is Cc1c(NCc2ncnn2C)cnn1-c1cccc(Cl)c1. The van der Waals surface area contributed by atoms with Crippen LogP contribution in [0.4, 0.5) is 5.69 Å². The summed E-state index contributed by atoms with van der Waals surface area (Å²) in [4.78, 5) is 4.18. The van der Waals surface area contributed by atoms with Crippen LogP contribution in [-0.4, -0.2) is 24.5 Å². The number of rotatable bonds is 4. The number of nitrogens with zero attached hydrogens (tertiary/aromatic N) is 5. The number of hydrogen-bond acceptors (Lipinski definition) is 4. The van der Waals surface area contributed by atoms with Crippen LogP contribution in [0.1, 0.15) is 11.5 Å². The van der Waals surface area contributed by atoms with Crippen LogP contribution in [0, 0.1) is 6.92 Å². The molecule has 2 heterocycles. The van der Waals surface area contributed by atoms with Crippen molar-refractivity contribution in [2.45, 2.75) is 13.5 Å². The molecule has 0 fully saturated rings. The molecular formula is C14H15ClN6. The second-order valence-electron chi connectivity index (χ2n) is 4.69. The average Bonchev–Trinajstić information content (AvgIpc) is 3.03. The fourth-order valence-corrected chi connectivity index (χ4v) is 2.29. The monoisotopic (exact) mass is 302 g/mol. The lowest BCUT2D eigenvalue weighted by Gasteiger charge is -2.07. The van der Waals surface area contributed by atoms with Crippen molar-refractivity contribution in [3.05, 3.63) is 53.3 Å². The van der Waals surface area contributed by atoms with Crippen molar-refractivity contribution in [3.63, 3.8) is 0 Å². The summed E-state index contributed by atoms with van der Waals surface area (Å²) in [6.45, 7) is 2.60. The molecule has 0 aliphatic carbocycles. The van der Waals surface area contributed by atoms with Gasteiger partial charge in [-0.25, -0.2) is 9.67 Å². The normalized spacial score (nSPS) is 10.8. The first-order valence-electron chi connectivity index (χ1n) is 6.52. The molecule has 0 bridgehead atoms. The number of aryl methyl sites for hydroxylation is 1. The molecule has 7 heteroatoms. The van der Waals surface area contributed by atoms with E-state index in [0.717, 1.165) is 22.9 Å². The van der Waals surface area contributed by atoms with Gasteiger partial charge in [0.2, 0.25) is 0 Å². The Bertz CT molecular complexity index is 760. The standard InChI is InChI=1S/C14H15ClN6/c1-10-13(16-8-14-17-9-19-20(14)2)7-18-21(10)12-5-3-4-11(15)6-12/h3-7,9,16H,8H2,1-2H3. The van der Waals surface area contributed by atoms with Crippen LogP contribution >= 0.6 is 11.6 Å². The Morgan fingerprint density at radius 2 is 2.14 bits per heavy atom. The van der Waals surface area contributed by atoms with Crippen LogP contribution in [0.3, 0.4) is 0 Å². The number of anilines is 1. The summed E-state index contributed by atoms with van der Waals surface area (Å²) in [5.41, 5.74) is 2.91. The molecule has 0 saturated carbocycles. The summed E-state index contributed by atoms with van der Waals surface area (Å²) in [5.74, 6) is 0.866. The van der Waals surface area contributed by atoms with Gasteiger partial charge in [-0.15, -0.1) is 0 Å². The van der Waals surface area contributed by atoms with Crippen molar-refractivity contribution in [2.24, 2.45) is 7.05 Å². The first-order chi connectivity index (χ1) is 10.1. The van der Waals surface area contributed by atoms with E-state index in [0.29, 0.717) is 11.6 Å². The van der Waals surface area contributed by atoms with E-state index in [9.17, 15) is 0 Å². The van der Waals surface area contributed by atoms with Gasteiger partial charge in [0.15, 0.2) is 0 Å². The van der Waals surface area contributed by atoms with Crippen LogP contribution in [0.2, 0.25) is 5.02 Å². The van der Waals surface area contributed by atoms with E-state index in [1.165, 1.54) is 0 Å². The molecule has 0 aliphatic rings. The zero-order valence-corrected chi connectivity index (χ0v) is 12.5. The maximum atomic E-state index is 6.03. The highest BCUT2D eigenvalue weighted by Crippen LogP contribution is 2.20. The number of hydrogen-bond donors (Lipinski definition) is 1. The molecule has 0 spiro atoms. The highest BCUT2D eigenvalue weighted by Gasteiger charge is 2.09. The summed E-state index contributed by atoms with van der Waals surface area (Å²) in [5, 5.41) is 12.5. The van der Waals surface area contributed by atoms with Gasteiger partial charge in [-0.05, 0) is 25.1 Å². The number of halogens is 1. The topological polar surface area (TPSA) is 60.6 Å². The third kappa shape index (κ3) is 2.75. The summed E-state index contributed by atoms with van der Waals surface area (Å²) >= 11 is 6.03. The fraction of sp³-hybridized carbons (Fsp3) is 0.214. The summed E-state index contributed by atoms with van der Waals surface area (Å²) in [7, 11) is 1.87. The van der Waals surface area contributed by atoms with Crippen molar-refractivity contribution in [1.82, 2.24) is 24.5 Å². The average molecular weight is 303 g/mol. The first-order valence-corrected chi connectivity index (χ1v) is 6.90. The molecule has 2 aromatic heterocycles. The molecule has 0 radical (unpaired) electrons. The van der Waals surface area contributed by atoms with E-state index >= 15 is 0 Å². The third-order valence-corrected chi connectivity index (χ3v) is 3.54.